The van der Waals surface area contributed by atoms with E-state index in [4.69, 9.17) is 13.1 Å². The van der Waals surface area contributed by atoms with Gasteiger partial charge in [-0.15, -0.1) is 0 Å². The van der Waals surface area contributed by atoms with Crippen LogP contribution in [0.1, 0.15) is 52.9 Å². The van der Waals surface area contributed by atoms with Crippen LogP contribution < -0.4 is 0 Å². The van der Waals surface area contributed by atoms with Crippen LogP contribution in [0.4, 0.5) is 0 Å². The van der Waals surface area contributed by atoms with Gasteiger partial charge in [-0.2, -0.15) is 16.8 Å². The smallest absolute Gasteiger partial charge is 0.303 e. The van der Waals surface area contributed by atoms with E-state index in [0.29, 0.717) is 0 Å². The molecule has 0 saturated heterocycles. The first kappa shape index (κ1) is 30.0. The van der Waals surface area contributed by atoms with Crippen molar-refractivity contribution in [1.29, 1.82) is 0 Å². The Balaban J connectivity index is 1.91. The Morgan fingerprint density at radius 3 is 2.23 bits per heavy atom. The van der Waals surface area contributed by atoms with Crippen molar-refractivity contribution in [1.82, 2.24) is 0 Å². The lowest BCUT2D eigenvalue weighted by molar-refractivity contribution is -0.183. The van der Waals surface area contributed by atoms with Gasteiger partial charge in [0.05, 0.1) is 12.5 Å². The van der Waals surface area contributed by atoms with Gasteiger partial charge < -0.3 is 9.84 Å². The maximum Gasteiger partial charge on any atom is 0.303 e. The van der Waals surface area contributed by atoms with Crippen molar-refractivity contribution < 1.29 is 54.2 Å². The average molecular weight is 591 g/mol. The molecule has 3 fully saturated rings. The highest BCUT2D eigenvalue weighted by atomic mass is 32.2. The zero-order chi connectivity index (χ0) is 29.3. The lowest BCUT2D eigenvalue weighted by atomic mass is 9.44. The predicted octanol–water partition coefficient (Wildman–Crippen LogP) is 0.470. The second-order valence-electron chi connectivity index (χ2n) is 11.8. The molecule has 1 N–H and O–H groups in total. The molecular formula is C25H34O12S2. The van der Waals surface area contributed by atoms with Crippen LogP contribution in [0.5, 0.6) is 0 Å². The van der Waals surface area contributed by atoms with Crippen LogP contribution in [0.25, 0.3) is 0 Å². The summed E-state index contributed by atoms with van der Waals surface area (Å²) in [7, 11) is -8.46. The third-order valence-electron chi connectivity index (χ3n) is 9.29. The van der Waals surface area contributed by atoms with Crippen molar-refractivity contribution >= 4 is 43.6 Å². The maximum atomic E-state index is 14.0. The molecule has 0 aromatic rings. The van der Waals surface area contributed by atoms with Crippen LogP contribution in [0.15, 0.2) is 11.6 Å². The van der Waals surface area contributed by atoms with E-state index in [1.54, 1.807) is 13.8 Å². The molecule has 0 radical (unpaired) electrons. The van der Waals surface area contributed by atoms with Crippen LogP contribution in [0, 0.1) is 28.6 Å². The van der Waals surface area contributed by atoms with Crippen LogP contribution in [0.2, 0.25) is 0 Å². The molecule has 0 aromatic carbocycles. The maximum absolute atomic E-state index is 14.0. The van der Waals surface area contributed by atoms with E-state index in [-0.39, 0.29) is 49.2 Å². The van der Waals surface area contributed by atoms with Gasteiger partial charge in [-0.05, 0) is 36.8 Å². The van der Waals surface area contributed by atoms with Gasteiger partial charge in [0.2, 0.25) is 5.78 Å². The largest absolute Gasteiger partial charge is 0.458 e. The van der Waals surface area contributed by atoms with Crippen molar-refractivity contribution in [3.63, 3.8) is 0 Å². The van der Waals surface area contributed by atoms with E-state index in [0.717, 1.165) is 19.4 Å². The fraction of sp³-hybridized carbons (Fsp3) is 0.760. The fourth-order valence-electron chi connectivity index (χ4n) is 7.70. The number of esters is 1. The van der Waals surface area contributed by atoms with Crippen LogP contribution in [-0.4, -0.2) is 82.2 Å². The summed E-state index contributed by atoms with van der Waals surface area (Å²) >= 11 is 0. The van der Waals surface area contributed by atoms with E-state index in [1.807, 2.05) is 0 Å². The first-order chi connectivity index (χ1) is 17.7. The summed E-state index contributed by atoms with van der Waals surface area (Å²) in [6, 6.07) is 0. The molecule has 0 heterocycles. The minimum absolute atomic E-state index is 0.0897. The Bertz CT molecular complexity index is 1360. The zero-order valence-electron chi connectivity index (χ0n) is 22.5. The third-order valence-corrected chi connectivity index (χ3v) is 10.4. The highest BCUT2D eigenvalue weighted by Gasteiger charge is 2.72. The monoisotopic (exact) mass is 590 g/mol. The molecule has 218 valence electrons. The molecule has 0 aliphatic heterocycles. The predicted molar refractivity (Wildman–Crippen MR) is 134 cm³/mol. The van der Waals surface area contributed by atoms with Gasteiger partial charge in [0.25, 0.3) is 20.2 Å². The number of Topliss-reactive ketones (excluding diaryl/α,β-unsaturated/α-hetero) is 2. The van der Waals surface area contributed by atoms with Gasteiger partial charge in [0.1, 0.15) is 23.6 Å². The summed E-state index contributed by atoms with van der Waals surface area (Å²) in [5, 5.41) is 11.7. The van der Waals surface area contributed by atoms with E-state index in [1.165, 1.54) is 6.08 Å². The molecule has 3 saturated carbocycles. The van der Waals surface area contributed by atoms with Crippen molar-refractivity contribution in [3.05, 3.63) is 11.6 Å². The number of ketones is 3. The van der Waals surface area contributed by atoms with E-state index >= 15 is 0 Å². The minimum Gasteiger partial charge on any atom is -0.458 e. The summed E-state index contributed by atoms with van der Waals surface area (Å²) in [5.41, 5.74) is -4.36. The number of carbonyl (C=O) groups is 4. The molecule has 0 amide bonds. The SMILES string of the molecule is CC(=O)OCC(=O)[C@@]1(O)CC[C@H]2[C@@H]3[C@H](OS(C)(=O)=O)[C@@H](OS(C)(=O)=O)C4=CC(=O)CC[C@]4(C)[C@H]3C(=O)C[C@@]21C. The number of rotatable bonds is 7. The highest BCUT2D eigenvalue weighted by Crippen LogP contribution is 2.67. The van der Waals surface area contributed by atoms with Gasteiger partial charge in [-0.25, -0.2) is 0 Å². The molecule has 8 atom stereocenters. The molecule has 4 rings (SSSR count). The number of fused-ring (bicyclic) bond motifs is 5. The second-order valence-corrected chi connectivity index (χ2v) is 15.0. The van der Waals surface area contributed by atoms with Gasteiger partial charge >= 0.3 is 5.97 Å². The van der Waals surface area contributed by atoms with Gasteiger partial charge in [0, 0.05) is 42.4 Å². The van der Waals surface area contributed by atoms with Crippen LogP contribution >= 0.6 is 0 Å². The van der Waals surface area contributed by atoms with Crippen molar-refractivity contribution in [2.45, 2.75) is 70.7 Å². The minimum atomic E-state index is -4.25. The quantitative estimate of drug-likeness (QED) is 0.320. The summed E-state index contributed by atoms with van der Waals surface area (Å²) in [5.74, 6) is -4.76. The first-order valence-electron chi connectivity index (χ1n) is 12.7. The number of carbonyl (C=O) groups excluding carboxylic acids is 4. The number of ether oxygens (including phenoxy) is 1. The van der Waals surface area contributed by atoms with Crippen molar-refractivity contribution in [2.24, 2.45) is 28.6 Å². The standard InChI is InChI=1S/C25H34O12S2/c1-13(26)35-12-18(29)25(30)9-7-15-19-20(17(28)11-24(15,25)3)23(2)8-6-14(27)10-16(23)21(36-38(4,31)32)22(19)37-39(5,33)34/h10,15,19-22,30H,6-9,11-12H2,1-5H3/t15-,19-,20-,21-,22-,23-,24-,25-/m0/s1. The number of hydrogen-bond donors (Lipinski definition) is 1. The fourth-order valence-corrected chi connectivity index (χ4v) is 8.92. The molecule has 0 unspecified atom stereocenters. The van der Waals surface area contributed by atoms with Crippen molar-refractivity contribution in [2.75, 3.05) is 19.1 Å². The molecule has 4 aliphatic carbocycles. The Morgan fingerprint density at radius 2 is 1.67 bits per heavy atom. The summed E-state index contributed by atoms with van der Waals surface area (Å²) in [4.78, 5) is 51.0. The molecule has 0 spiro atoms. The van der Waals surface area contributed by atoms with Crippen LogP contribution in [0.3, 0.4) is 0 Å². The van der Waals surface area contributed by atoms with Crippen molar-refractivity contribution in [3.8, 4) is 0 Å². The number of aliphatic hydroxyl groups is 1. The Kier molecular flexibility index (Phi) is 7.33. The molecule has 14 heteroatoms. The van der Waals surface area contributed by atoms with Gasteiger partial charge in [-0.3, -0.25) is 27.5 Å². The first-order valence-corrected chi connectivity index (χ1v) is 16.3. The topological polar surface area (TPSA) is 184 Å². The van der Waals surface area contributed by atoms with Gasteiger partial charge in [0.15, 0.2) is 12.4 Å². The van der Waals surface area contributed by atoms with E-state index < -0.39 is 85.0 Å². The summed E-state index contributed by atoms with van der Waals surface area (Å²) in [6.07, 6.45) is -0.143. The Hall–Kier alpha value is -2.00. The van der Waals surface area contributed by atoms with Crippen LogP contribution in [-0.2, 0) is 52.5 Å². The summed E-state index contributed by atoms with van der Waals surface area (Å²) in [6.45, 7) is 3.70. The normalized spacial score (nSPS) is 40.3. The lowest BCUT2D eigenvalue weighted by Gasteiger charge is -2.60. The molecule has 0 aromatic heterocycles. The molecular weight excluding hydrogens is 556 g/mol. The summed E-state index contributed by atoms with van der Waals surface area (Å²) < 4.78 is 65.4. The lowest BCUT2D eigenvalue weighted by Crippen LogP contribution is -2.67. The molecule has 39 heavy (non-hydrogen) atoms. The van der Waals surface area contributed by atoms with E-state index in [2.05, 4.69) is 0 Å². The molecule has 4 aliphatic rings. The Labute approximate surface area is 227 Å². The Morgan fingerprint density at radius 1 is 1.05 bits per heavy atom. The third kappa shape index (κ3) is 5.03. The zero-order valence-corrected chi connectivity index (χ0v) is 24.1. The van der Waals surface area contributed by atoms with Gasteiger partial charge in [-0.1, -0.05) is 13.8 Å². The highest BCUT2D eigenvalue weighted by molar-refractivity contribution is 7.86. The van der Waals surface area contributed by atoms with E-state index in [9.17, 15) is 41.1 Å². The molecule has 0 bridgehead atoms. The second kappa shape index (κ2) is 9.54. The average Bonchev–Trinajstić information content (AvgIpc) is 3.04. The molecule has 12 nitrogen and oxygen atoms in total. The number of hydrogen-bond acceptors (Lipinski definition) is 12.